The zero-order valence-electron chi connectivity index (χ0n) is 20.3. The van der Waals surface area contributed by atoms with Crippen LogP contribution in [0.5, 0.6) is 5.75 Å². The van der Waals surface area contributed by atoms with Crippen molar-refractivity contribution >= 4 is 23.6 Å². The van der Waals surface area contributed by atoms with Gasteiger partial charge in [-0.1, -0.05) is 43.3 Å². The second kappa shape index (κ2) is 13.2. The molecule has 0 aliphatic heterocycles. The first-order chi connectivity index (χ1) is 17.6. The summed E-state index contributed by atoms with van der Waals surface area (Å²) in [4.78, 5) is 23.7. The Morgan fingerprint density at radius 1 is 0.946 bits per heavy atom. The Labute approximate surface area is 218 Å². The monoisotopic (exact) mass is 531 g/mol. The van der Waals surface area contributed by atoms with Gasteiger partial charge in [0.2, 0.25) is 0 Å². The van der Waals surface area contributed by atoms with E-state index in [-0.39, 0.29) is 24.6 Å². The highest BCUT2D eigenvalue weighted by molar-refractivity contribution is 7.99. The Morgan fingerprint density at radius 2 is 1.54 bits per heavy atom. The Balaban J connectivity index is 1.42. The minimum Gasteiger partial charge on any atom is -0.481 e. The van der Waals surface area contributed by atoms with Crippen LogP contribution in [-0.2, 0) is 11.2 Å². The van der Waals surface area contributed by atoms with Crippen molar-refractivity contribution in [3.8, 4) is 16.9 Å². The summed E-state index contributed by atoms with van der Waals surface area (Å²) < 4.78 is 40.9. The minimum atomic E-state index is -4.70. The van der Waals surface area contributed by atoms with Crippen LogP contribution in [0.15, 0.2) is 77.7 Å². The average Bonchev–Trinajstić information content (AvgIpc) is 2.86. The number of aryl methyl sites for hydroxylation is 1. The van der Waals surface area contributed by atoms with Gasteiger partial charge in [0.1, 0.15) is 5.75 Å². The molecule has 2 N–H and O–H groups in total. The number of carbonyl (C=O) groups is 2. The lowest BCUT2D eigenvalue weighted by molar-refractivity contribution is -0.274. The number of carboxylic acid groups (broad SMARTS) is 1. The van der Waals surface area contributed by atoms with Crippen molar-refractivity contribution in [1.82, 2.24) is 5.32 Å². The quantitative estimate of drug-likeness (QED) is 0.251. The number of carbonyl (C=O) groups excluding carboxylic acids is 1. The van der Waals surface area contributed by atoms with Crippen molar-refractivity contribution in [1.29, 1.82) is 0 Å². The van der Waals surface area contributed by atoms with Crippen LogP contribution in [-0.4, -0.2) is 35.6 Å². The Kier molecular flexibility index (Phi) is 10.0. The SMILES string of the molecule is CC(CCc1ccc(C(=O)NCCC(=O)O)cc1)CSc1ccc(-c2ccc(OC(F)(F)F)cc2)cc1. The van der Waals surface area contributed by atoms with E-state index < -0.39 is 12.3 Å². The van der Waals surface area contributed by atoms with Crippen molar-refractivity contribution in [2.75, 3.05) is 12.3 Å². The van der Waals surface area contributed by atoms with Crippen LogP contribution in [0.25, 0.3) is 11.1 Å². The fraction of sp³-hybridized carbons (Fsp3) is 0.286. The highest BCUT2D eigenvalue weighted by atomic mass is 32.2. The van der Waals surface area contributed by atoms with Crippen LogP contribution < -0.4 is 10.1 Å². The standard InChI is InChI=1S/C28H28F3NO4S/c1-19(2-3-20-4-6-23(7-5-20)27(35)32-17-16-26(33)34)18-37-25-14-10-22(11-15-25)21-8-12-24(13-9-21)36-28(29,30)31/h4-15,19H,2-3,16-18H2,1H3,(H,32,35)(H,33,34). The zero-order chi connectivity index (χ0) is 26.8. The van der Waals surface area contributed by atoms with E-state index in [0.717, 1.165) is 40.2 Å². The van der Waals surface area contributed by atoms with Crippen molar-refractivity contribution in [2.45, 2.75) is 37.4 Å². The number of nitrogens with one attached hydrogen (secondary N) is 1. The molecule has 1 unspecified atom stereocenters. The maximum Gasteiger partial charge on any atom is 0.573 e. The van der Waals surface area contributed by atoms with E-state index in [4.69, 9.17) is 5.11 Å². The van der Waals surface area contributed by atoms with Gasteiger partial charge in [-0.3, -0.25) is 9.59 Å². The molecule has 0 bridgehead atoms. The van der Waals surface area contributed by atoms with Gasteiger partial charge in [-0.25, -0.2) is 0 Å². The summed E-state index contributed by atoms with van der Waals surface area (Å²) in [6, 6.07) is 21.1. The molecule has 0 aliphatic carbocycles. The summed E-state index contributed by atoms with van der Waals surface area (Å²) in [5, 5.41) is 11.2. The van der Waals surface area contributed by atoms with Crippen LogP contribution in [0.1, 0.15) is 35.7 Å². The lowest BCUT2D eigenvalue weighted by atomic mass is 10.0. The van der Waals surface area contributed by atoms with Gasteiger partial charge in [-0.2, -0.15) is 0 Å². The molecule has 0 radical (unpaired) electrons. The number of halogens is 3. The first-order valence-corrected chi connectivity index (χ1v) is 12.8. The summed E-state index contributed by atoms with van der Waals surface area (Å²) in [6.07, 6.45) is -2.94. The molecule has 0 fully saturated rings. The molecular weight excluding hydrogens is 503 g/mol. The topological polar surface area (TPSA) is 75.6 Å². The highest BCUT2D eigenvalue weighted by Crippen LogP contribution is 2.29. The van der Waals surface area contributed by atoms with Gasteiger partial charge < -0.3 is 15.2 Å². The maximum absolute atomic E-state index is 12.3. The van der Waals surface area contributed by atoms with Gasteiger partial charge in [-0.05, 0) is 71.8 Å². The van der Waals surface area contributed by atoms with Gasteiger partial charge in [-0.15, -0.1) is 24.9 Å². The second-order valence-electron chi connectivity index (χ2n) is 8.65. The van der Waals surface area contributed by atoms with E-state index in [1.807, 2.05) is 36.4 Å². The number of amides is 1. The predicted octanol–water partition coefficient (Wildman–Crippen LogP) is 6.82. The number of hydrogen-bond acceptors (Lipinski definition) is 4. The fourth-order valence-corrected chi connectivity index (χ4v) is 4.51. The van der Waals surface area contributed by atoms with Crippen molar-refractivity contribution in [3.63, 3.8) is 0 Å². The van der Waals surface area contributed by atoms with Gasteiger partial charge in [0.25, 0.3) is 5.91 Å². The fourth-order valence-electron chi connectivity index (χ4n) is 3.54. The lowest BCUT2D eigenvalue weighted by Crippen LogP contribution is -2.25. The molecule has 0 spiro atoms. The molecule has 0 saturated heterocycles. The molecule has 0 aliphatic rings. The molecule has 0 aromatic heterocycles. The number of ether oxygens (including phenoxy) is 1. The average molecular weight is 532 g/mol. The largest absolute Gasteiger partial charge is 0.573 e. The molecule has 0 saturated carbocycles. The van der Waals surface area contributed by atoms with E-state index in [0.29, 0.717) is 11.5 Å². The second-order valence-corrected chi connectivity index (χ2v) is 9.74. The molecule has 3 aromatic rings. The van der Waals surface area contributed by atoms with Crippen LogP contribution >= 0.6 is 11.8 Å². The number of thioether (sulfide) groups is 1. The molecule has 1 amide bonds. The van der Waals surface area contributed by atoms with Crippen LogP contribution in [0.3, 0.4) is 0 Å². The van der Waals surface area contributed by atoms with E-state index in [9.17, 15) is 22.8 Å². The van der Waals surface area contributed by atoms with Crippen molar-refractivity contribution < 1.29 is 32.6 Å². The Morgan fingerprint density at radius 3 is 2.11 bits per heavy atom. The van der Waals surface area contributed by atoms with Gasteiger partial charge in [0.05, 0.1) is 6.42 Å². The molecule has 9 heteroatoms. The molecule has 37 heavy (non-hydrogen) atoms. The Hall–Kier alpha value is -3.46. The third-order valence-electron chi connectivity index (χ3n) is 5.58. The zero-order valence-corrected chi connectivity index (χ0v) is 21.1. The molecular formula is C28H28F3NO4S. The summed E-state index contributed by atoms with van der Waals surface area (Å²) in [7, 11) is 0. The van der Waals surface area contributed by atoms with Crippen LogP contribution in [0.4, 0.5) is 13.2 Å². The molecule has 1 atom stereocenters. The molecule has 3 rings (SSSR count). The lowest BCUT2D eigenvalue weighted by Gasteiger charge is -2.12. The number of carboxylic acids is 1. The molecule has 5 nitrogen and oxygen atoms in total. The van der Waals surface area contributed by atoms with E-state index in [1.54, 1.807) is 36.0 Å². The molecule has 0 heterocycles. The predicted molar refractivity (Wildman–Crippen MR) is 138 cm³/mol. The third-order valence-corrected chi connectivity index (χ3v) is 6.92. The minimum absolute atomic E-state index is 0.0989. The first kappa shape index (κ1) is 28.1. The molecule has 3 aromatic carbocycles. The number of benzene rings is 3. The summed E-state index contributed by atoms with van der Waals surface area (Å²) in [5.41, 5.74) is 3.36. The van der Waals surface area contributed by atoms with E-state index >= 15 is 0 Å². The maximum atomic E-state index is 12.3. The number of rotatable bonds is 12. The number of aliphatic carboxylic acids is 1. The first-order valence-electron chi connectivity index (χ1n) is 11.8. The number of hydrogen-bond donors (Lipinski definition) is 2. The van der Waals surface area contributed by atoms with Crippen LogP contribution in [0.2, 0.25) is 0 Å². The van der Waals surface area contributed by atoms with Gasteiger partial charge >= 0.3 is 12.3 Å². The Bertz CT molecular complexity index is 1160. The van der Waals surface area contributed by atoms with Crippen molar-refractivity contribution in [3.05, 3.63) is 83.9 Å². The number of alkyl halides is 3. The van der Waals surface area contributed by atoms with E-state index in [2.05, 4.69) is 17.0 Å². The van der Waals surface area contributed by atoms with Gasteiger partial charge in [0.15, 0.2) is 0 Å². The van der Waals surface area contributed by atoms with E-state index in [1.165, 1.54) is 12.1 Å². The smallest absolute Gasteiger partial charge is 0.481 e. The normalized spacial score (nSPS) is 12.1. The third kappa shape index (κ3) is 9.84. The summed E-state index contributed by atoms with van der Waals surface area (Å²) in [5.74, 6) is -0.0766. The molecule has 196 valence electrons. The highest BCUT2D eigenvalue weighted by Gasteiger charge is 2.30. The summed E-state index contributed by atoms with van der Waals surface area (Å²) in [6.45, 7) is 2.29. The van der Waals surface area contributed by atoms with Gasteiger partial charge in [0, 0.05) is 22.8 Å². The van der Waals surface area contributed by atoms with Crippen molar-refractivity contribution in [2.24, 2.45) is 5.92 Å². The van der Waals surface area contributed by atoms with Crippen LogP contribution in [0, 0.1) is 5.92 Å². The summed E-state index contributed by atoms with van der Waals surface area (Å²) >= 11 is 1.75.